The second-order valence-electron chi connectivity index (χ2n) is 7.00. The zero-order valence-electron chi connectivity index (χ0n) is 16.1. The lowest BCUT2D eigenvalue weighted by Gasteiger charge is -2.34. The summed E-state index contributed by atoms with van der Waals surface area (Å²) >= 11 is 0. The molecule has 1 aromatic rings. The summed E-state index contributed by atoms with van der Waals surface area (Å²) < 4.78 is 0. The molecule has 1 aromatic carbocycles. The Hall–Kier alpha value is -2.52. The molecule has 1 aliphatic rings. The number of non-ortho nitro benzene ring substituents is 1. The van der Waals surface area contributed by atoms with Gasteiger partial charge < -0.3 is 10.2 Å². The molecule has 9 nitrogen and oxygen atoms in total. The number of rotatable bonds is 7. The van der Waals surface area contributed by atoms with Gasteiger partial charge in [-0.3, -0.25) is 29.5 Å². The van der Waals surface area contributed by atoms with E-state index < -0.39 is 4.92 Å². The Morgan fingerprint density at radius 1 is 1.11 bits per heavy atom. The van der Waals surface area contributed by atoms with Crippen molar-refractivity contribution in [1.29, 1.82) is 0 Å². The molecule has 0 unspecified atom stereocenters. The average Bonchev–Trinajstić information content (AvgIpc) is 2.62. The smallest absolute Gasteiger partial charge is 0.269 e. The number of carbonyl (C=O) groups excluding carboxylic acids is 2. The van der Waals surface area contributed by atoms with Crippen LogP contribution in [0.4, 0.5) is 11.4 Å². The summed E-state index contributed by atoms with van der Waals surface area (Å²) in [6, 6.07) is 6.05. The molecule has 0 saturated carbocycles. The third-order valence-corrected chi connectivity index (χ3v) is 4.46. The monoisotopic (exact) mass is 377 g/mol. The van der Waals surface area contributed by atoms with Crippen molar-refractivity contribution in [3.8, 4) is 0 Å². The Kier molecular flexibility index (Phi) is 7.26. The maximum absolute atomic E-state index is 12.5. The summed E-state index contributed by atoms with van der Waals surface area (Å²) in [5, 5.41) is 13.6. The first-order valence-electron chi connectivity index (χ1n) is 9.01. The van der Waals surface area contributed by atoms with E-state index in [1.807, 2.05) is 13.8 Å². The van der Waals surface area contributed by atoms with E-state index in [9.17, 15) is 19.7 Å². The van der Waals surface area contributed by atoms with Crippen LogP contribution in [0.5, 0.6) is 0 Å². The standard InChI is InChI=1S/C18H27N5O4/c1-14(2)19-17(24)12-21-8-10-22(11-9-21)13-18(25)20(3)15-4-6-16(7-5-15)23(26)27/h4-7,14H,8-13H2,1-3H3,(H,19,24). The summed E-state index contributed by atoms with van der Waals surface area (Å²) in [5.41, 5.74) is 0.617. The number of piperazine rings is 1. The fourth-order valence-electron chi connectivity index (χ4n) is 2.92. The summed E-state index contributed by atoms with van der Waals surface area (Å²) in [5.74, 6) is -0.0534. The van der Waals surface area contributed by atoms with Gasteiger partial charge >= 0.3 is 0 Å². The van der Waals surface area contributed by atoms with Gasteiger partial charge in [-0.2, -0.15) is 0 Å². The highest BCUT2D eigenvalue weighted by molar-refractivity contribution is 5.94. The molecule has 1 N–H and O–H groups in total. The van der Waals surface area contributed by atoms with Crippen LogP contribution < -0.4 is 10.2 Å². The number of carbonyl (C=O) groups is 2. The molecule has 1 aliphatic heterocycles. The number of hydrogen-bond donors (Lipinski definition) is 1. The van der Waals surface area contributed by atoms with Gasteiger partial charge in [0.25, 0.3) is 5.69 Å². The molecule has 9 heteroatoms. The van der Waals surface area contributed by atoms with Crippen molar-refractivity contribution < 1.29 is 14.5 Å². The first-order chi connectivity index (χ1) is 12.8. The fourth-order valence-corrected chi connectivity index (χ4v) is 2.92. The topological polar surface area (TPSA) is 99.0 Å². The molecule has 1 fully saturated rings. The number of nitro benzene ring substituents is 1. The van der Waals surface area contributed by atoms with Gasteiger partial charge in [-0.25, -0.2) is 0 Å². The molecule has 2 amide bonds. The normalized spacial score (nSPS) is 15.6. The van der Waals surface area contributed by atoms with E-state index in [4.69, 9.17) is 0 Å². The van der Waals surface area contributed by atoms with Crippen LogP contribution in [0, 0.1) is 10.1 Å². The Morgan fingerprint density at radius 3 is 2.11 bits per heavy atom. The minimum absolute atomic E-state index is 0.00257. The van der Waals surface area contributed by atoms with Crippen LogP contribution in [0.2, 0.25) is 0 Å². The highest BCUT2D eigenvalue weighted by atomic mass is 16.6. The molecule has 2 rings (SSSR count). The summed E-state index contributed by atoms with van der Waals surface area (Å²) in [4.78, 5) is 40.2. The van der Waals surface area contributed by atoms with E-state index >= 15 is 0 Å². The van der Waals surface area contributed by atoms with Gasteiger partial charge in [0.2, 0.25) is 11.8 Å². The van der Waals surface area contributed by atoms with Crippen LogP contribution in [0.3, 0.4) is 0 Å². The van der Waals surface area contributed by atoms with Crippen LogP contribution >= 0.6 is 0 Å². The maximum atomic E-state index is 12.5. The third-order valence-electron chi connectivity index (χ3n) is 4.46. The molecule has 148 valence electrons. The molecule has 0 radical (unpaired) electrons. The van der Waals surface area contributed by atoms with E-state index in [1.54, 1.807) is 19.2 Å². The van der Waals surface area contributed by atoms with Crippen LogP contribution in [-0.4, -0.2) is 78.9 Å². The molecule has 0 spiro atoms. The zero-order chi connectivity index (χ0) is 20.0. The van der Waals surface area contributed by atoms with Gasteiger partial charge in [-0.15, -0.1) is 0 Å². The van der Waals surface area contributed by atoms with E-state index in [2.05, 4.69) is 15.1 Å². The zero-order valence-corrected chi connectivity index (χ0v) is 16.1. The number of hydrogen-bond acceptors (Lipinski definition) is 6. The minimum atomic E-state index is -0.466. The van der Waals surface area contributed by atoms with E-state index in [1.165, 1.54) is 17.0 Å². The van der Waals surface area contributed by atoms with Crippen LogP contribution in [0.15, 0.2) is 24.3 Å². The second kappa shape index (κ2) is 9.43. The van der Waals surface area contributed by atoms with Crippen LogP contribution in [-0.2, 0) is 9.59 Å². The largest absolute Gasteiger partial charge is 0.353 e. The Balaban J connectivity index is 1.79. The van der Waals surface area contributed by atoms with Gasteiger partial charge in [-0.05, 0) is 26.0 Å². The number of benzene rings is 1. The quantitative estimate of drug-likeness (QED) is 0.555. The Bertz CT molecular complexity index is 669. The van der Waals surface area contributed by atoms with Gasteiger partial charge in [0, 0.05) is 57.1 Å². The summed E-state index contributed by atoms with van der Waals surface area (Å²) in [6.45, 7) is 7.43. The molecular formula is C18H27N5O4. The van der Waals surface area contributed by atoms with E-state index in [-0.39, 0.29) is 30.1 Å². The first kappa shape index (κ1) is 20.8. The lowest BCUT2D eigenvalue weighted by atomic mass is 10.2. The molecular weight excluding hydrogens is 350 g/mol. The molecule has 0 aliphatic carbocycles. The molecule has 0 atom stereocenters. The molecule has 27 heavy (non-hydrogen) atoms. The number of amides is 2. The van der Waals surface area contributed by atoms with Crippen molar-refractivity contribution in [3.63, 3.8) is 0 Å². The van der Waals surface area contributed by atoms with Gasteiger partial charge in [0.05, 0.1) is 18.0 Å². The number of nitrogens with zero attached hydrogens (tertiary/aromatic N) is 4. The molecule has 1 heterocycles. The first-order valence-corrected chi connectivity index (χ1v) is 9.01. The Labute approximate surface area is 159 Å². The lowest BCUT2D eigenvalue weighted by molar-refractivity contribution is -0.384. The predicted octanol–water partition coefficient (Wildman–Crippen LogP) is 0.700. The second-order valence-corrected chi connectivity index (χ2v) is 7.00. The minimum Gasteiger partial charge on any atom is -0.353 e. The maximum Gasteiger partial charge on any atom is 0.269 e. The summed E-state index contributed by atoms with van der Waals surface area (Å²) in [6.07, 6.45) is 0. The number of likely N-dealkylation sites (N-methyl/N-ethyl adjacent to an activating group) is 1. The van der Waals surface area contributed by atoms with Gasteiger partial charge in [0.15, 0.2) is 0 Å². The number of nitro groups is 1. The van der Waals surface area contributed by atoms with Crippen molar-refractivity contribution in [2.45, 2.75) is 19.9 Å². The average molecular weight is 377 g/mol. The van der Waals surface area contributed by atoms with Gasteiger partial charge in [-0.1, -0.05) is 0 Å². The van der Waals surface area contributed by atoms with Crippen LogP contribution in [0.1, 0.15) is 13.8 Å². The lowest BCUT2D eigenvalue weighted by Crippen LogP contribution is -2.52. The van der Waals surface area contributed by atoms with Crippen molar-refractivity contribution >= 4 is 23.2 Å². The SMILES string of the molecule is CC(C)NC(=O)CN1CCN(CC(=O)N(C)c2ccc([N+](=O)[O-])cc2)CC1. The van der Waals surface area contributed by atoms with Gasteiger partial charge in [0.1, 0.15) is 0 Å². The highest BCUT2D eigenvalue weighted by Crippen LogP contribution is 2.18. The van der Waals surface area contributed by atoms with E-state index in [0.717, 1.165) is 26.2 Å². The highest BCUT2D eigenvalue weighted by Gasteiger charge is 2.22. The molecule has 0 aromatic heterocycles. The van der Waals surface area contributed by atoms with Crippen molar-refractivity contribution in [1.82, 2.24) is 15.1 Å². The predicted molar refractivity (Wildman–Crippen MR) is 103 cm³/mol. The number of nitrogens with one attached hydrogen (secondary N) is 1. The van der Waals surface area contributed by atoms with Crippen molar-refractivity contribution in [2.75, 3.05) is 51.2 Å². The van der Waals surface area contributed by atoms with Crippen molar-refractivity contribution in [3.05, 3.63) is 34.4 Å². The Morgan fingerprint density at radius 2 is 1.63 bits per heavy atom. The van der Waals surface area contributed by atoms with Crippen LogP contribution in [0.25, 0.3) is 0 Å². The summed E-state index contributed by atoms with van der Waals surface area (Å²) in [7, 11) is 1.66. The molecule has 1 saturated heterocycles. The third kappa shape index (κ3) is 6.30. The molecule has 0 bridgehead atoms. The number of anilines is 1. The fraction of sp³-hybridized carbons (Fsp3) is 0.556. The van der Waals surface area contributed by atoms with Crippen molar-refractivity contribution in [2.24, 2.45) is 0 Å². The van der Waals surface area contributed by atoms with E-state index in [0.29, 0.717) is 12.2 Å².